The maximum absolute atomic E-state index is 11.4. The van der Waals surface area contributed by atoms with Crippen LogP contribution in [0.3, 0.4) is 0 Å². The predicted molar refractivity (Wildman–Crippen MR) is 170 cm³/mol. The third-order valence-corrected chi connectivity index (χ3v) is 24.7. The summed E-state index contributed by atoms with van der Waals surface area (Å²) in [7, 11) is 0.780. The number of fused-ring (bicyclic) bond motifs is 1. The molecule has 1 fully saturated rings. The molecule has 2 aromatic carbocycles. The van der Waals surface area contributed by atoms with Gasteiger partial charge in [-0.3, -0.25) is 0 Å². The monoisotopic (exact) mass is 604 g/mol. The van der Waals surface area contributed by atoms with E-state index in [9.17, 15) is 10.2 Å². The molecule has 0 bridgehead atoms. The normalized spacial score (nSPS) is 23.6. The van der Waals surface area contributed by atoms with Gasteiger partial charge in [0.05, 0.1) is 0 Å². The van der Waals surface area contributed by atoms with Crippen molar-refractivity contribution in [1.82, 2.24) is 0 Å². The van der Waals surface area contributed by atoms with Crippen LogP contribution in [0.15, 0.2) is 24.3 Å². The molecule has 1 aliphatic heterocycles. The Morgan fingerprint density at radius 2 is 1.00 bits per heavy atom. The van der Waals surface area contributed by atoms with Gasteiger partial charge in [0.25, 0.3) is 0 Å². The van der Waals surface area contributed by atoms with Crippen LogP contribution in [0.1, 0.15) is 151 Å². The average molecular weight is 605 g/mol. The molecule has 0 saturated heterocycles. The third kappa shape index (κ3) is 7.27. The van der Waals surface area contributed by atoms with E-state index in [4.69, 9.17) is 0 Å². The predicted octanol–water partition coefficient (Wildman–Crippen LogP) is 10.8. The maximum atomic E-state index is 11.4. The van der Waals surface area contributed by atoms with Gasteiger partial charge in [-0.05, 0) is 0 Å². The van der Waals surface area contributed by atoms with Crippen molar-refractivity contribution in [2.75, 3.05) is 0 Å². The third-order valence-electron chi connectivity index (χ3n) is 8.77. The fourth-order valence-corrected chi connectivity index (χ4v) is 27.0. The quantitative estimate of drug-likeness (QED) is 0.294. The van der Waals surface area contributed by atoms with Gasteiger partial charge in [0.15, 0.2) is 0 Å². The number of phenolic OH excluding ortho intramolecular Hbond substituents is 2. The van der Waals surface area contributed by atoms with Gasteiger partial charge < -0.3 is 0 Å². The molecule has 0 radical (unpaired) electrons. The molecular weight excluding hydrogens is 552 g/mol. The van der Waals surface area contributed by atoms with Crippen molar-refractivity contribution in [3.63, 3.8) is 0 Å². The SMILES string of the molecule is CC(C)c1cc(C[S]2=[Ti]=[S](Cc3cc(C(C)C)cc(C(C)C)c3O)[C@H]3CCCCCCC32)c(O)c(C(C)C)c1. The van der Waals surface area contributed by atoms with Gasteiger partial charge in [-0.2, -0.15) is 0 Å². The summed E-state index contributed by atoms with van der Waals surface area (Å²) in [4.78, 5) is 0. The van der Waals surface area contributed by atoms with Crippen LogP contribution < -0.4 is 0 Å². The Labute approximate surface area is 249 Å². The fraction of sp³-hybridized carbons (Fsp3) is 0.647. The van der Waals surface area contributed by atoms with Gasteiger partial charge in [0, 0.05) is 0 Å². The standard InChI is InChI=1S/C34H52O2S2.Ti/c1-21(2)25-15-27(33(35)29(17-25)23(5)6)19-37-31-13-11-9-10-12-14-32(31)38-20-28-16-26(22(3)4)18-30(24(7)8)34(28)36;/h15-18,21-24,31-32,35-36H,9-14,19-20H2,1-8H3;/t31-,32?;/m0./s1. The summed E-state index contributed by atoms with van der Waals surface area (Å²) in [6, 6.07) is 9.18. The topological polar surface area (TPSA) is 40.5 Å². The number of benzene rings is 2. The van der Waals surface area contributed by atoms with Crippen LogP contribution >= 0.6 is 15.9 Å². The molecule has 2 nitrogen and oxygen atoms in total. The second kappa shape index (κ2) is 13.6. The summed E-state index contributed by atoms with van der Waals surface area (Å²) < 4.78 is 0. The number of phenols is 2. The van der Waals surface area contributed by atoms with Crippen LogP contribution in [0.2, 0.25) is 0 Å². The fourth-order valence-electron chi connectivity index (χ4n) is 6.19. The molecule has 1 heterocycles. The number of hydrogen-bond acceptors (Lipinski definition) is 2. The first-order valence-corrected chi connectivity index (χ1v) is 22.1. The molecule has 216 valence electrons. The Morgan fingerprint density at radius 1 is 0.615 bits per heavy atom. The van der Waals surface area contributed by atoms with E-state index in [2.05, 4.69) is 79.7 Å². The molecule has 4 atom stereocenters. The molecule has 2 aliphatic rings. The Kier molecular flexibility index (Phi) is 11.0. The van der Waals surface area contributed by atoms with Crippen molar-refractivity contribution in [2.24, 2.45) is 0 Å². The minimum atomic E-state index is -0.188. The van der Waals surface area contributed by atoms with Crippen LogP contribution in [0, 0.1) is 0 Å². The molecule has 0 amide bonds. The molecule has 3 unspecified atom stereocenters. The zero-order valence-corrected chi connectivity index (χ0v) is 28.8. The first kappa shape index (κ1) is 31.4. The second-order valence-electron chi connectivity index (χ2n) is 13.2. The number of aromatic hydroxyl groups is 2. The van der Waals surface area contributed by atoms with Gasteiger partial charge >= 0.3 is 250 Å². The van der Waals surface area contributed by atoms with E-state index in [0.717, 1.165) is 33.1 Å². The van der Waals surface area contributed by atoms with Crippen LogP contribution in [-0.4, -0.2) is 20.7 Å². The number of hydrogen-bond donors (Lipinski definition) is 2. The second-order valence-corrected chi connectivity index (χ2v) is 24.6. The van der Waals surface area contributed by atoms with Crippen molar-refractivity contribution >= 4 is 15.9 Å². The summed E-state index contributed by atoms with van der Waals surface area (Å²) in [6.07, 6.45) is 8.25. The van der Waals surface area contributed by atoms with Crippen molar-refractivity contribution in [1.29, 1.82) is 0 Å². The summed E-state index contributed by atoms with van der Waals surface area (Å²) in [6.45, 7) is 17.9. The van der Waals surface area contributed by atoms with Crippen LogP contribution in [0.5, 0.6) is 11.5 Å². The van der Waals surface area contributed by atoms with Crippen molar-refractivity contribution in [2.45, 2.75) is 140 Å². The molecule has 4 rings (SSSR count). The Morgan fingerprint density at radius 3 is 1.33 bits per heavy atom. The van der Waals surface area contributed by atoms with E-state index in [-0.39, 0.29) is 15.5 Å². The van der Waals surface area contributed by atoms with Crippen LogP contribution in [0.4, 0.5) is 0 Å². The zero-order valence-electron chi connectivity index (χ0n) is 25.6. The Balaban J connectivity index is 1.79. The molecule has 1 aliphatic carbocycles. The van der Waals surface area contributed by atoms with E-state index in [1.165, 1.54) is 60.8 Å². The zero-order chi connectivity index (χ0) is 28.4. The van der Waals surface area contributed by atoms with E-state index in [0.29, 0.717) is 51.1 Å². The average Bonchev–Trinajstić information content (AvgIpc) is 3.14. The molecule has 1 saturated carbocycles. The molecule has 5 heteroatoms. The first-order valence-electron chi connectivity index (χ1n) is 15.3. The van der Waals surface area contributed by atoms with Crippen LogP contribution in [-0.2, 0) is 27.0 Å². The van der Waals surface area contributed by atoms with E-state index >= 15 is 0 Å². The molecular formula is C34H52O2S2Ti. The molecule has 2 aromatic rings. The molecule has 0 aromatic heterocycles. The van der Waals surface area contributed by atoms with Gasteiger partial charge in [0.2, 0.25) is 0 Å². The summed E-state index contributed by atoms with van der Waals surface area (Å²) in [5, 5.41) is 24.5. The van der Waals surface area contributed by atoms with Crippen molar-refractivity contribution in [3.8, 4) is 11.5 Å². The Hall–Kier alpha value is -0.546. The van der Waals surface area contributed by atoms with Gasteiger partial charge in [-0.15, -0.1) is 0 Å². The summed E-state index contributed by atoms with van der Waals surface area (Å²) >= 11 is -0.188. The minimum absolute atomic E-state index is 0.188. The van der Waals surface area contributed by atoms with Crippen molar-refractivity contribution < 1.29 is 25.7 Å². The van der Waals surface area contributed by atoms with Gasteiger partial charge in [-0.25, -0.2) is 0 Å². The molecule has 0 spiro atoms. The number of rotatable bonds is 8. The van der Waals surface area contributed by atoms with Crippen LogP contribution in [0.25, 0.3) is 0 Å². The Bertz CT molecular complexity index is 1160. The van der Waals surface area contributed by atoms with Gasteiger partial charge in [-0.1, -0.05) is 0 Å². The van der Waals surface area contributed by atoms with E-state index in [1.54, 1.807) is 0 Å². The van der Waals surface area contributed by atoms with Crippen molar-refractivity contribution in [3.05, 3.63) is 57.6 Å². The van der Waals surface area contributed by atoms with Gasteiger partial charge in [0.1, 0.15) is 0 Å². The molecule has 2 N–H and O–H groups in total. The van der Waals surface area contributed by atoms with E-state index in [1.807, 2.05) is 0 Å². The van der Waals surface area contributed by atoms with E-state index < -0.39 is 0 Å². The first-order chi connectivity index (χ1) is 18.5. The molecule has 39 heavy (non-hydrogen) atoms. The summed E-state index contributed by atoms with van der Waals surface area (Å²) in [5.41, 5.74) is 7.44. The summed E-state index contributed by atoms with van der Waals surface area (Å²) in [5.74, 6) is 4.91.